The van der Waals surface area contributed by atoms with E-state index < -0.39 is 5.97 Å². The fraction of sp³-hybridized carbons (Fsp3) is 0.667. The Bertz CT molecular complexity index is 474. The lowest BCUT2D eigenvalue weighted by atomic mass is 9.73. The fourth-order valence-corrected chi connectivity index (χ4v) is 2.79. The molecule has 25 heavy (non-hydrogen) atoms. The van der Waals surface area contributed by atoms with Crippen LogP contribution >= 0.6 is 24.4 Å². The van der Waals surface area contributed by atoms with E-state index in [0.717, 1.165) is 12.2 Å². The molecule has 0 radical (unpaired) electrons. The molecular weight excluding hydrogens is 358 g/mol. The van der Waals surface area contributed by atoms with Crippen LogP contribution in [-0.2, 0) is 19.1 Å². The van der Waals surface area contributed by atoms with Crippen molar-refractivity contribution in [3.8, 4) is 0 Å². The van der Waals surface area contributed by atoms with E-state index in [4.69, 9.17) is 9.47 Å². The number of carbonyl (C=O) groups is 2. The first-order valence-electron chi connectivity index (χ1n) is 8.27. The Morgan fingerprint density at radius 1 is 1.08 bits per heavy atom. The van der Waals surface area contributed by atoms with Crippen molar-refractivity contribution in [2.75, 3.05) is 26.0 Å². The minimum absolute atomic E-state index is 0.0440. The molecule has 0 atom stereocenters. The Morgan fingerprint density at radius 2 is 1.64 bits per heavy atom. The molecule has 0 rings (SSSR count). The van der Waals surface area contributed by atoms with Crippen molar-refractivity contribution in [3.05, 3.63) is 23.0 Å². The number of hydrogen-bond acceptors (Lipinski definition) is 7. The van der Waals surface area contributed by atoms with Gasteiger partial charge in [0, 0.05) is 24.1 Å². The monoisotopic (exact) mass is 389 g/mol. The summed E-state index contributed by atoms with van der Waals surface area (Å²) >= 11 is 5.36. The molecule has 0 spiro atoms. The van der Waals surface area contributed by atoms with Crippen LogP contribution < -0.4 is 5.32 Å². The molecular formula is C18H31NO4S2. The second kappa shape index (κ2) is 12.4. The van der Waals surface area contributed by atoms with Gasteiger partial charge in [-0.05, 0) is 49.3 Å². The summed E-state index contributed by atoms with van der Waals surface area (Å²) in [6.07, 6.45) is 4.13. The summed E-state index contributed by atoms with van der Waals surface area (Å²) in [6.45, 7) is 9.28. The van der Waals surface area contributed by atoms with E-state index in [1.807, 2.05) is 7.05 Å². The van der Waals surface area contributed by atoms with Gasteiger partial charge in [0.05, 0.1) is 13.2 Å². The van der Waals surface area contributed by atoms with Gasteiger partial charge in [0.15, 0.2) is 0 Å². The summed E-state index contributed by atoms with van der Waals surface area (Å²) in [6, 6.07) is 0. The van der Waals surface area contributed by atoms with Crippen molar-refractivity contribution in [2.24, 2.45) is 5.41 Å². The Morgan fingerprint density at radius 3 is 2.16 bits per heavy atom. The van der Waals surface area contributed by atoms with Crippen molar-refractivity contribution in [3.63, 3.8) is 0 Å². The first-order chi connectivity index (χ1) is 11.7. The van der Waals surface area contributed by atoms with Crippen molar-refractivity contribution >= 4 is 36.3 Å². The van der Waals surface area contributed by atoms with Crippen LogP contribution in [0.25, 0.3) is 0 Å². The van der Waals surface area contributed by atoms with E-state index in [0.29, 0.717) is 6.42 Å². The van der Waals surface area contributed by atoms with Gasteiger partial charge in [-0.3, -0.25) is 0 Å². The molecule has 5 nitrogen and oxygen atoms in total. The average Bonchev–Trinajstić information content (AvgIpc) is 2.54. The molecule has 0 fully saturated rings. The first kappa shape index (κ1) is 24.1. The third-order valence-corrected chi connectivity index (χ3v) is 5.37. The van der Waals surface area contributed by atoms with Gasteiger partial charge in [-0.25, -0.2) is 9.59 Å². The number of carbonyl (C=O) groups excluding carboxylic acids is 2. The van der Waals surface area contributed by atoms with Gasteiger partial charge in [0.25, 0.3) is 0 Å². The van der Waals surface area contributed by atoms with Crippen molar-refractivity contribution in [1.29, 1.82) is 0 Å². The smallest absolute Gasteiger partial charge is 0.331 e. The van der Waals surface area contributed by atoms with E-state index in [1.165, 1.54) is 17.6 Å². The lowest BCUT2D eigenvalue weighted by Gasteiger charge is -2.41. The van der Waals surface area contributed by atoms with Crippen LogP contribution in [0.3, 0.4) is 0 Å². The Balaban J connectivity index is 3.86. The van der Waals surface area contributed by atoms with Crippen LogP contribution in [0, 0.1) is 5.41 Å². The Labute approximate surface area is 161 Å². The highest BCUT2D eigenvalue weighted by atomic mass is 32.2. The topological polar surface area (TPSA) is 64.6 Å². The molecule has 1 N–H and O–H groups in total. The molecule has 144 valence electrons. The van der Waals surface area contributed by atoms with Gasteiger partial charge < -0.3 is 14.8 Å². The lowest BCUT2D eigenvalue weighted by Crippen LogP contribution is -2.49. The van der Waals surface area contributed by atoms with Gasteiger partial charge >= 0.3 is 11.9 Å². The van der Waals surface area contributed by atoms with Crippen molar-refractivity contribution in [2.45, 2.75) is 46.1 Å². The number of thioether (sulfide) groups is 1. The minimum atomic E-state index is -0.456. The zero-order valence-corrected chi connectivity index (χ0v) is 17.5. The van der Waals surface area contributed by atoms with Crippen LogP contribution in [0.15, 0.2) is 23.0 Å². The molecule has 0 aromatic heterocycles. The molecule has 0 saturated carbocycles. The number of esters is 2. The second-order valence-corrected chi connectivity index (χ2v) is 8.00. The molecule has 0 heterocycles. The zero-order chi connectivity index (χ0) is 19.3. The third-order valence-electron chi connectivity index (χ3n) is 4.45. The fourth-order valence-electron chi connectivity index (χ4n) is 1.70. The van der Waals surface area contributed by atoms with Gasteiger partial charge in [0.1, 0.15) is 0 Å². The summed E-state index contributed by atoms with van der Waals surface area (Å²) in [4.78, 5) is 22.6. The second-order valence-electron chi connectivity index (χ2n) is 6.69. The molecule has 0 bridgehead atoms. The van der Waals surface area contributed by atoms with Gasteiger partial charge in [-0.2, -0.15) is 12.6 Å². The molecule has 0 saturated heterocycles. The van der Waals surface area contributed by atoms with E-state index in [1.54, 1.807) is 17.2 Å². The van der Waals surface area contributed by atoms with Crippen molar-refractivity contribution in [1.82, 2.24) is 5.32 Å². The predicted octanol–water partition coefficient (Wildman–Crippen LogP) is 3.57. The molecule has 0 aromatic carbocycles. The quantitative estimate of drug-likeness (QED) is 0.230. The molecule has 0 aromatic rings. The summed E-state index contributed by atoms with van der Waals surface area (Å²) in [5.41, 5.74) is 0.186. The highest BCUT2D eigenvalue weighted by molar-refractivity contribution is 8.02. The predicted molar refractivity (Wildman–Crippen MR) is 108 cm³/mol. The van der Waals surface area contributed by atoms with E-state index in [-0.39, 0.29) is 30.1 Å². The highest BCUT2D eigenvalue weighted by Crippen LogP contribution is 2.34. The highest BCUT2D eigenvalue weighted by Gasteiger charge is 2.34. The average molecular weight is 390 g/mol. The lowest BCUT2D eigenvalue weighted by molar-refractivity contribution is -0.140. The molecule has 7 heteroatoms. The van der Waals surface area contributed by atoms with Crippen LogP contribution in [0.4, 0.5) is 0 Å². The molecule has 0 amide bonds. The molecule has 0 aliphatic carbocycles. The standard InChI is InChI=1S/C18H31NO4S2/c1-17(2,18(3,4)19-5)9-14-25-13-8-16(21)23-11-6-10-22-15(20)7-12-24/h7-8,12-13,19,24H,6,9-11,14H2,1-5H3/b12-7+,13-8+. The largest absolute Gasteiger partial charge is 0.462 e. The number of hydrogen-bond donors (Lipinski definition) is 2. The van der Waals surface area contributed by atoms with Gasteiger partial charge in [-0.1, -0.05) is 13.8 Å². The molecule has 0 unspecified atom stereocenters. The number of rotatable bonds is 12. The van der Waals surface area contributed by atoms with Gasteiger partial charge in [0.2, 0.25) is 0 Å². The van der Waals surface area contributed by atoms with Crippen LogP contribution in [0.5, 0.6) is 0 Å². The zero-order valence-electron chi connectivity index (χ0n) is 15.8. The maximum Gasteiger partial charge on any atom is 0.331 e. The maximum absolute atomic E-state index is 11.5. The van der Waals surface area contributed by atoms with Gasteiger partial charge in [-0.15, -0.1) is 11.8 Å². The van der Waals surface area contributed by atoms with E-state index >= 15 is 0 Å². The summed E-state index contributed by atoms with van der Waals surface area (Å²) < 4.78 is 9.88. The van der Waals surface area contributed by atoms with Crippen molar-refractivity contribution < 1.29 is 19.1 Å². The molecule has 0 aliphatic heterocycles. The number of nitrogens with one attached hydrogen (secondary N) is 1. The maximum atomic E-state index is 11.5. The Hall–Kier alpha value is -0.920. The third kappa shape index (κ3) is 10.6. The van der Waals surface area contributed by atoms with E-state index in [2.05, 4.69) is 45.6 Å². The van der Waals surface area contributed by atoms with Crippen LogP contribution in [0.2, 0.25) is 0 Å². The van der Waals surface area contributed by atoms with E-state index in [9.17, 15) is 9.59 Å². The normalized spacial score (nSPS) is 12.7. The summed E-state index contributed by atoms with van der Waals surface area (Å²) in [5.74, 6) is 0.0853. The Kier molecular flexibility index (Phi) is 12.0. The SMILES string of the molecule is CNC(C)(C)C(C)(C)CCS/C=C/C(=O)OCCCOC(=O)/C=C/S. The van der Waals surface area contributed by atoms with Crippen LogP contribution in [0.1, 0.15) is 40.5 Å². The first-order valence-corrected chi connectivity index (χ1v) is 9.84. The molecule has 0 aliphatic rings. The van der Waals surface area contributed by atoms with Crippen LogP contribution in [-0.4, -0.2) is 43.5 Å². The summed E-state index contributed by atoms with van der Waals surface area (Å²) in [5, 5.41) is 6.43. The number of thiol groups is 1. The number of ether oxygens (including phenoxy) is 2. The minimum Gasteiger partial charge on any atom is -0.462 e. The summed E-state index contributed by atoms with van der Waals surface area (Å²) in [7, 11) is 1.98.